The van der Waals surface area contributed by atoms with Crippen LogP contribution in [0.4, 0.5) is 0 Å². The average molecular weight is 132 g/mol. The van der Waals surface area contributed by atoms with Gasteiger partial charge in [0.2, 0.25) is 4.72 Å². The van der Waals surface area contributed by atoms with E-state index in [1.54, 1.807) is 20.8 Å². The summed E-state index contributed by atoms with van der Waals surface area (Å²) in [4.78, 5) is 10.6. The van der Waals surface area contributed by atoms with E-state index in [2.05, 4.69) is 17.5 Å². The van der Waals surface area contributed by atoms with Crippen molar-refractivity contribution in [2.75, 3.05) is 0 Å². The van der Waals surface area contributed by atoms with Gasteiger partial charge in [0.05, 0.1) is 5.41 Å². The molecule has 0 spiro atoms. The third kappa shape index (κ3) is 2.33. The zero-order chi connectivity index (χ0) is 6.78. The molecule has 1 amide bonds. The lowest BCUT2D eigenvalue weighted by molar-refractivity contribution is -0.126. The zero-order valence-corrected chi connectivity index (χ0v) is 6.20. The van der Waals surface area contributed by atoms with Gasteiger partial charge in [-0.05, 0) is 20.8 Å². The SMILES string of the molecule is CC(C)(C)C(=O)[N+]S. The summed E-state index contributed by atoms with van der Waals surface area (Å²) in [6, 6.07) is 0. The monoisotopic (exact) mass is 132 g/mol. The summed E-state index contributed by atoms with van der Waals surface area (Å²) in [7, 11) is 0. The summed E-state index contributed by atoms with van der Waals surface area (Å²) in [5.74, 6) is -0.180. The summed E-state index contributed by atoms with van der Waals surface area (Å²) >= 11 is 3.48. The second-order valence-corrected chi connectivity index (χ2v) is 2.86. The van der Waals surface area contributed by atoms with Gasteiger partial charge in [-0.2, -0.15) is 0 Å². The van der Waals surface area contributed by atoms with Crippen molar-refractivity contribution in [3.05, 3.63) is 0 Å². The van der Waals surface area contributed by atoms with Crippen LogP contribution < -0.4 is 4.72 Å². The number of nitrogens with zero attached hydrogens (tertiary/aromatic N) is 1. The normalized spacial score (nSPS) is 11.5. The minimum Gasteiger partial charge on any atom is -0.216 e. The fourth-order valence-electron chi connectivity index (χ4n) is 0.150. The van der Waals surface area contributed by atoms with Crippen molar-refractivity contribution in [1.29, 1.82) is 0 Å². The lowest BCUT2D eigenvalue weighted by atomic mass is 9.96. The molecule has 0 aliphatic heterocycles. The standard InChI is InChI=1S/C5H10NOS/c1-5(2,3)4(7)6-8/h8H,1-3H3/q+1. The Morgan fingerprint density at radius 1 is 1.50 bits per heavy atom. The van der Waals surface area contributed by atoms with Crippen LogP contribution in [0.5, 0.6) is 0 Å². The van der Waals surface area contributed by atoms with Crippen LogP contribution in [-0.4, -0.2) is 5.91 Å². The Kier molecular flexibility index (Phi) is 2.50. The molecule has 0 aromatic heterocycles. The van der Waals surface area contributed by atoms with E-state index in [4.69, 9.17) is 0 Å². The van der Waals surface area contributed by atoms with Crippen molar-refractivity contribution in [3.63, 3.8) is 0 Å². The highest BCUT2D eigenvalue weighted by molar-refractivity contribution is 7.78. The van der Waals surface area contributed by atoms with Crippen LogP contribution in [0.3, 0.4) is 0 Å². The lowest BCUT2D eigenvalue weighted by Gasteiger charge is -2.03. The van der Waals surface area contributed by atoms with Crippen molar-refractivity contribution >= 4 is 18.7 Å². The van der Waals surface area contributed by atoms with E-state index in [1.165, 1.54) is 0 Å². The molecular formula is C5H10NOS+. The molecule has 3 heteroatoms. The van der Waals surface area contributed by atoms with E-state index in [-0.39, 0.29) is 11.3 Å². The van der Waals surface area contributed by atoms with E-state index >= 15 is 0 Å². The Hall–Kier alpha value is -0.0200. The quantitative estimate of drug-likeness (QED) is 0.490. The molecule has 2 radical (unpaired) electrons. The van der Waals surface area contributed by atoms with E-state index in [9.17, 15) is 4.79 Å². The number of amides is 1. The Labute approximate surface area is 55.2 Å². The summed E-state index contributed by atoms with van der Waals surface area (Å²) in [5, 5.41) is 0. The summed E-state index contributed by atoms with van der Waals surface area (Å²) < 4.78 is 3.22. The first-order valence-electron chi connectivity index (χ1n) is 2.38. The van der Waals surface area contributed by atoms with Gasteiger partial charge in [0.15, 0.2) is 12.8 Å². The largest absolute Gasteiger partial charge is 0.442 e. The molecule has 0 rings (SSSR count). The van der Waals surface area contributed by atoms with Gasteiger partial charge in [-0.15, -0.1) is 0 Å². The first-order chi connectivity index (χ1) is 3.48. The number of hydrogen-bond donors (Lipinski definition) is 1. The second-order valence-electron chi connectivity index (χ2n) is 2.66. The fraction of sp³-hybridized carbons (Fsp3) is 0.800. The van der Waals surface area contributed by atoms with Crippen LogP contribution in [0.2, 0.25) is 0 Å². The van der Waals surface area contributed by atoms with Gasteiger partial charge in [-0.1, -0.05) is 0 Å². The van der Waals surface area contributed by atoms with E-state index in [0.29, 0.717) is 0 Å². The Balaban J connectivity index is 3.82. The van der Waals surface area contributed by atoms with Crippen LogP contribution in [0.25, 0.3) is 0 Å². The number of carbonyl (C=O) groups excluding carboxylic acids is 1. The predicted molar refractivity (Wildman–Crippen MR) is 35.6 cm³/mol. The molecule has 0 bridgehead atoms. The average Bonchev–Trinajstić information content (AvgIpc) is 1.62. The van der Waals surface area contributed by atoms with Crippen molar-refractivity contribution < 1.29 is 4.79 Å². The smallest absolute Gasteiger partial charge is 0.216 e. The molecule has 0 heterocycles. The number of thiol groups is 1. The third-order valence-electron chi connectivity index (χ3n) is 0.732. The molecule has 0 aromatic carbocycles. The fourth-order valence-corrected chi connectivity index (χ4v) is 0.450. The van der Waals surface area contributed by atoms with E-state index in [1.807, 2.05) is 0 Å². The molecule has 0 aromatic rings. The third-order valence-corrected chi connectivity index (χ3v) is 0.914. The van der Waals surface area contributed by atoms with Crippen molar-refractivity contribution in [3.8, 4) is 0 Å². The maximum atomic E-state index is 10.6. The van der Waals surface area contributed by atoms with Crippen LogP contribution in [-0.2, 0) is 4.79 Å². The minimum atomic E-state index is -0.373. The first-order valence-corrected chi connectivity index (χ1v) is 2.78. The predicted octanol–water partition coefficient (Wildman–Crippen LogP) is 1.01. The Morgan fingerprint density at radius 3 is 1.88 bits per heavy atom. The van der Waals surface area contributed by atoms with Crippen LogP contribution in [0, 0.1) is 5.41 Å². The highest BCUT2D eigenvalue weighted by Gasteiger charge is 2.32. The molecule has 8 heavy (non-hydrogen) atoms. The minimum absolute atomic E-state index is 0.180. The Bertz CT molecular complexity index is 95.1. The molecule has 0 fully saturated rings. The van der Waals surface area contributed by atoms with Crippen molar-refractivity contribution in [2.24, 2.45) is 5.41 Å². The van der Waals surface area contributed by atoms with Gasteiger partial charge in [-0.3, -0.25) is 0 Å². The van der Waals surface area contributed by atoms with Gasteiger partial charge in [0.1, 0.15) is 0 Å². The van der Waals surface area contributed by atoms with Gasteiger partial charge >= 0.3 is 5.91 Å². The molecule has 0 aliphatic carbocycles. The molecule has 2 nitrogen and oxygen atoms in total. The number of rotatable bonds is 0. The van der Waals surface area contributed by atoms with Crippen LogP contribution >= 0.6 is 12.8 Å². The topological polar surface area (TPSA) is 31.2 Å². The number of carbonyl (C=O) groups is 1. The number of hydrogen-bond acceptors (Lipinski definition) is 2. The molecule has 0 unspecified atom stereocenters. The van der Waals surface area contributed by atoms with Crippen LogP contribution in [0.15, 0.2) is 0 Å². The molecule has 0 N–H and O–H groups in total. The molecule has 46 valence electrons. The van der Waals surface area contributed by atoms with Crippen molar-refractivity contribution in [2.45, 2.75) is 20.8 Å². The molecule has 0 atom stereocenters. The maximum Gasteiger partial charge on any atom is 0.442 e. The lowest BCUT2D eigenvalue weighted by Crippen LogP contribution is -2.24. The second kappa shape index (κ2) is 2.51. The highest BCUT2D eigenvalue weighted by Crippen LogP contribution is 2.12. The van der Waals surface area contributed by atoms with Crippen molar-refractivity contribution in [1.82, 2.24) is 4.72 Å². The zero-order valence-electron chi connectivity index (χ0n) is 5.30. The van der Waals surface area contributed by atoms with Gasteiger partial charge in [0, 0.05) is 0 Å². The highest BCUT2D eigenvalue weighted by atomic mass is 32.1. The van der Waals surface area contributed by atoms with Gasteiger partial charge in [-0.25, -0.2) is 4.79 Å². The molecule has 0 saturated carbocycles. The molecular weight excluding hydrogens is 122 g/mol. The summed E-state index contributed by atoms with van der Waals surface area (Å²) in [6.07, 6.45) is 0. The Morgan fingerprint density at radius 2 is 1.88 bits per heavy atom. The van der Waals surface area contributed by atoms with Gasteiger partial charge in [0.25, 0.3) is 0 Å². The van der Waals surface area contributed by atoms with Crippen LogP contribution in [0.1, 0.15) is 20.8 Å². The van der Waals surface area contributed by atoms with E-state index < -0.39 is 0 Å². The molecule has 0 aliphatic rings. The maximum absolute atomic E-state index is 10.6. The summed E-state index contributed by atoms with van der Waals surface area (Å²) in [6.45, 7) is 5.40. The first kappa shape index (κ1) is 7.98. The van der Waals surface area contributed by atoms with E-state index in [0.717, 1.165) is 0 Å². The van der Waals surface area contributed by atoms with Gasteiger partial charge < -0.3 is 0 Å². The summed E-state index contributed by atoms with van der Waals surface area (Å²) in [5.41, 5.74) is -0.373. The molecule has 0 saturated heterocycles.